The highest BCUT2D eigenvalue weighted by atomic mass is 32.1. The first kappa shape index (κ1) is 20.6. The normalized spacial score (nSPS) is 24.6. The van der Waals surface area contributed by atoms with Crippen molar-refractivity contribution in [2.45, 2.75) is 33.1 Å². The number of thiophene rings is 1. The van der Waals surface area contributed by atoms with Crippen LogP contribution in [-0.4, -0.2) is 30.1 Å². The Morgan fingerprint density at radius 2 is 1.80 bits per heavy atom. The standard InChI is InChI=1S/C23H25NO5S/c1-11-4-5-12(2)15(8-11)16-10-30-21(19(16)23(28)29-3)24-20(25)17-13-6-7-14(9-13)18(17)22(26)27/h4-5,8,10,13-14,17-18H,6-7,9H2,1-3H3,(H,24,25)(H,26,27)/t13-,14-,17-,18+/m0/s1. The predicted octanol–water partition coefficient (Wildman–Crippen LogP) is 4.50. The SMILES string of the molecule is COC(=O)c1c(-c2cc(C)ccc2C)csc1NC(=O)[C@H]1[C@H]2CC[C@@H](C2)[C@H]1C(=O)O. The number of esters is 1. The number of nitrogens with one attached hydrogen (secondary N) is 1. The van der Waals surface area contributed by atoms with Gasteiger partial charge in [-0.15, -0.1) is 11.3 Å². The number of carbonyl (C=O) groups excluding carboxylic acids is 2. The number of fused-ring (bicyclic) bond motifs is 2. The number of anilines is 1. The van der Waals surface area contributed by atoms with E-state index in [0.717, 1.165) is 36.0 Å². The van der Waals surface area contributed by atoms with E-state index in [0.29, 0.717) is 16.1 Å². The second-order valence-electron chi connectivity index (χ2n) is 8.38. The topological polar surface area (TPSA) is 92.7 Å². The molecule has 2 aliphatic carbocycles. The molecule has 0 saturated heterocycles. The van der Waals surface area contributed by atoms with Gasteiger partial charge in [0.15, 0.2) is 0 Å². The van der Waals surface area contributed by atoms with Crippen LogP contribution in [-0.2, 0) is 14.3 Å². The number of benzene rings is 1. The van der Waals surface area contributed by atoms with Gasteiger partial charge in [0.2, 0.25) is 5.91 Å². The minimum absolute atomic E-state index is 0.0668. The van der Waals surface area contributed by atoms with Gasteiger partial charge in [0.1, 0.15) is 10.6 Å². The first-order chi connectivity index (χ1) is 14.3. The van der Waals surface area contributed by atoms with Crippen LogP contribution in [0.25, 0.3) is 11.1 Å². The van der Waals surface area contributed by atoms with Gasteiger partial charge in [0.05, 0.1) is 18.9 Å². The average molecular weight is 428 g/mol. The van der Waals surface area contributed by atoms with Crippen LogP contribution in [0, 0.1) is 37.5 Å². The lowest BCUT2D eigenvalue weighted by molar-refractivity contribution is -0.148. The highest BCUT2D eigenvalue weighted by molar-refractivity contribution is 7.15. The minimum atomic E-state index is -0.905. The summed E-state index contributed by atoms with van der Waals surface area (Å²) in [4.78, 5) is 37.5. The zero-order valence-electron chi connectivity index (χ0n) is 17.2. The van der Waals surface area contributed by atoms with Gasteiger partial charge in [-0.25, -0.2) is 4.79 Å². The Morgan fingerprint density at radius 3 is 2.47 bits per heavy atom. The Morgan fingerprint density at radius 1 is 1.10 bits per heavy atom. The first-order valence-corrected chi connectivity index (χ1v) is 11.0. The quantitative estimate of drug-likeness (QED) is 0.685. The van der Waals surface area contributed by atoms with Crippen molar-refractivity contribution >= 4 is 34.2 Å². The van der Waals surface area contributed by atoms with E-state index in [-0.39, 0.29) is 17.7 Å². The summed E-state index contributed by atoms with van der Waals surface area (Å²) in [5, 5.41) is 14.8. The molecular weight excluding hydrogens is 402 g/mol. The van der Waals surface area contributed by atoms with Crippen LogP contribution in [0.15, 0.2) is 23.6 Å². The van der Waals surface area contributed by atoms with Gasteiger partial charge in [0.25, 0.3) is 0 Å². The van der Waals surface area contributed by atoms with Crippen LogP contribution in [0.2, 0.25) is 0 Å². The van der Waals surface area contributed by atoms with Gasteiger partial charge in [-0.2, -0.15) is 0 Å². The van der Waals surface area contributed by atoms with Crippen molar-refractivity contribution in [1.82, 2.24) is 0 Å². The number of methoxy groups -OCH3 is 1. The van der Waals surface area contributed by atoms with Gasteiger partial charge in [-0.05, 0) is 56.1 Å². The third kappa shape index (κ3) is 3.41. The summed E-state index contributed by atoms with van der Waals surface area (Å²) in [6, 6.07) is 6.01. The van der Waals surface area contributed by atoms with E-state index in [1.165, 1.54) is 18.4 Å². The molecule has 0 aliphatic heterocycles. The molecule has 2 aromatic rings. The molecule has 2 saturated carbocycles. The fraction of sp³-hybridized carbons (Fsp3) is 0.435. The summed E-state index contributed by atoms with van der Waals surface area (Å²) in [7, 11) is 1.31. The molecule has 0 unspecified atom stereocenters. The van der Waals surface area contributed by atoms with Crippen molar-refractivity contribution in [3.8, 4) is 11.1 Å². The number of ether oxygens (including phenoxy) is 1. The monoisotopic (exact) mass is 427 g/mol. The van der Waals surface area contributed by atoms with Crippen molar-refractivity contribution < 1.29 is 24.2 Å². The molecule has 30 heavy (non-hydrogen) atoms. The highest BCUT2D eigenvalue weighted by Crippen LogP contribution is 2.53. The Hall–Kier alpha value is -2.67. The average Bonchev–Trinajstić information content (AvgIpc) is 3.43. The van der Waals surface area contributed by atoms with Crippen LogP contribution < -0.4 is 5.32 Å². The summed E-state index contributed by atoms with van der Waals surface area (Å²) in [6.07, 6.45) is 2.54. The zero-order chi connectivity index (χ0) is 21.6. The molecule has 4 rings (SSSR count). The van der Waals surface area contributed by atoms with E-state index in [4.69, 9.17) is 4.74 Å². The Labute approximate surface area is 179 Å². The third-order valence-electron chi connectivity index (χ3n) is 6.60. The summed E-state index contributed by atoms with van der Waals surface area (Å²) >= 11 is 1.27. The second-order valence-corrected chi connectivity index (χ2v) is 9.26. The van der Waals surface area contributed by atoms with E-state index in [1.54, 1.807) is 0 Å². The van der Waals surface area contributed by atoms with Gasteiger partial charge < -0.3 is 15.2 Å². The van der Waals surface area contributed by atoms with Gasteiger partial charge in [0, 0.05) is 10.9 Å². The van der Waals surface area contributed by atoms with Crippen molar-refractivity contribution in [1.29, 1.82) is 0 Å². The number of rotatable bonds is 5. The van der Waals surface area contributed by atoms with Gasteiger partial charge in [-0.1, -0.05) is 23.8 Å². The van der Waals surface area contributed by atoms with E-state index < -0.39 is 23.8 Å². The van der Waals surface area contributed by atoms with E-state index >= 15 is 0 Å². The number of carbonyl (C=O) groups is 3. The highest BCUT2D eigenvalue weighted by Gasteiger charge is 2.54. The van der Waals surface area contributed by atoms with Crippen LogP contribution in [0.5, 0.6) is 0 Å². The fourth-order valence-corrected chi connectivity index (χ4v) is 6.15. The molecule has 0 spiro atoms. The molecule has 1 aromatic heterocycles. The van der Waals surface area contributed by atoms with Crippen molar-refractivity contribution in [3.63, 3.8) is 0 Å². The Balaban J connectivity index is 1.69. The zero-order valence-corrected chi connectivity index (χ0v) is 18.0. The molecule has 158 valence electrons. The maximum absolute atomic E-state index is 13.1. The number of carboxylic acid groups (broad SMARTS) is 1. The lowest BCUT2D eigenvalue weighted by Gasteiger charge is -2.26. The second kappa shape index (κ2) is 7.87. The molecule has 2 aliphatic rings. The van der Waals surface area contributed by atoms with Crippen LogP contribution in [0.1, 0.15) is 40.7 Å². The van der Waals surface area contributed by atoms with Crippen molar-refractivity contribution in [2.75, 3.05) is 12.4 Å². The number of hydrogen-bond donors (Lipinski definition) is 2. The number of aliphatic carboxylic acids is 1. The molecule has 1 amide bonds. The molecule has 7 heteroatoms. The molecule has 1 aromatic carbocycles. The van der Waals surface area contributed by atoms with Crippen LogP contribution in [0.4, 0.5) is 5.00 Å². The summed E-state index contributed by atoms with van der Waals surface area (Å²) in [5.74, 6) is -2.79. The summed E-state index contributed by atoms with van der Waals surface area (Å²) in [5.41, 5.74) is 4.02. The molecule has 0 radical (unpaired) electrons. The lowest BCUT2D eigenvalue weighted by Crippen LogP contribution is -2.37. The fourth-order valence-electron chi connectivity index (χ4n) is 5.20. The number of hydrogen-bond acceptors (Lipinski definition) is 5. The first-order valence-electron chi connectivity index (χ1n) is 10.1. The minimum Gasteiger partial charge on any atom is -0.481 e. The maximum atomic E-state index is 13.1. The Kier molecular flexibility index (Phi) is 5.40. The maximum Gasteiger partial charge on any atom is 0.341 e. The number of carboxylic acids is 1. The molecule has 1 heterocycles. The summed E-state index contributed by atoms with van der Waals surface area (Å²) in [6.45, 7) is 3.95. The van der Waals surface area contributed by atoms with Crippen molar-refractivity contribution in [3.05, 3.63) is 40.3 Å². The lowest BCUT2D eigenvalue weighted by atomic mass is 9.78. The molecular formula is C23H25NO5S. The van der Waals surface area contributed by atoms with Crippen LogP contribution in [0.3, 0.4) is 0 Å². The molecule has 4 atom stereocenters. The van der Waals surface area contributed by atoms with Crippen LogP contribution >= 0.6 is 11.3 Å². The Bertz CT molecular complexity index is 1030. The van der Waals surface area contributed by atoms with E-state index in [2.05, 4.69) is 5.32 Å². The molecule has 2 bridgehead atoms. The van der Waals surface area contributed by atoms with Gasteiger partial charge in [-0.3, -0.25) is 9.59 Å². The van der Waals surface area contributed by atoms with Gasteiger partial charge >= 0.3 is 11.9 Å². The molecule has 2 fully saturated rings. The largest absolute Gasteiger partial charge is 0.481 e. The van der Waals surface area contributed by atoms with E-state index in [1.807, 2.05) is 37.4 Å². The smallest absolute Gasteiger partial charge is 0.341 e. The summed E-state index contributed by atoms with van der Waals surface area (Å²) < 4.78 is 5.01. The number of amides is 1. The van der Waals surface area contributed by atoms with Crippen molar-refractivity contribution in [2.24, 2.45) is 23.7 Å². The molecule has 6 nitrogen and oxygen atoms in total. The van der Waals surface area contributed by atoms with E-state index in [9.17, 15) is 19.5 Å². The predicted molar refractivity (Wildman–Crippen MR) is 115 cm³/mol. The number of aryl methyl sites for hydroxylation is 2. The third-order valence-corrected chi connectivity index (χ3v) is 7.50. The molecule has 2 N–H and O–H groups in total.